The maximum atomic E-state index is 10.9. The van der Waals surface area contributed by atoms with Crippen molar-refractivity contribution in [2.45, 2.75) is 26.1 Å². The summed E-state index contributed by atoms with van der Waals surface area (Å²) in [5.41, 5.74) is 5.52. The van der Waals surface area contributed by atoms with E-state index in [4.69, 9.17) is 15.7 Å². The van der Waals surface area contributed by atoms with Gasteiger partial charge < -0.3 is 15.6 Å². The number of aromatic nitrogens is 2. The molecule has 7 nitrogen and oxygen atoms in total. The van der Waals surface area contributed by atoms with E-state index in [9.17, 15) is 9.90 Å². The second-order valence-corrected chi connectivity index (χ2v) is 3.41. The lowest BCUT2D eigenvalue weighted by molar-refractivity contribution is -0.152. The maximum Gasteiger partial charge on any atom is 0.303 e. The molecule has 1 aromatic heterocycles. The zero-order chi connectivity index (χ0) is 13.0. The number of carbonyl (C=O) groups is 1. The van der Waals surface area contributed by atoms with E-state index in [1.807, 2.05) is 0 Å². The number of nitrogens with zero attached hydrogens (tertiary/aromatic N) is 3. The third-order valence-corrected chi connectivity index (χ3v) is 1.95. The summed E-state index contributed by atoms with van der Waals surface area (Å²) in [6.07, 6.45) is -0.674. The molecule has 0 saturated carbocycles. The summed E-state index contributed by atoms with van der Waals surface area (Å²) in [7, 11) is 0. The number of nitrogens with two attached hydrogens (primary N) is 1. The number of rotatable bonds is 3. The topological polar surface area (TPSA) is 122 Å². The molecule has 0 amide bonds. The second kappa shape index (κ2) is 5.23. The van der Waals surface area contributed by atoms with Gasteiger partial charge in [0.2, 0.25) is 0 Å². The molecule has 0 unspecified atom stereocenters. The molecule has 2 atom stereocenters. The van der Waals surface area contributed by atoms with Crippen LogP contribution in [0.3, 0.4) is 0 Å². The fraction of sp³-hybridized carbons (Fsp3) is 0.400. The van der Waals surface area contributed by atoms with Gasteiger partial charge in [-0.15, -0.1) is 0 Å². The van der Waals surface area contributed by atoms with Crippen molar-refractivity contribution >= 4 is 11.8 Å². The number of hydrogen-bond acceptors (Lipinski definition) is 7. The van der Waals surface area contributed by atoms with Crippen LogP contribution in [0.25, 0.3) is 0 Å². The van der Waals surface area contributed by atoms with Gasteiger partial charge in [-0.1, -0.05) is 0 Å². The molecule has 17 heavy (non-hydrogen) atoms. The van der Waals surface area contributed by atoms with Crippen molar-refractivity contribution in [3.63, 3.8) is 0 Å². The Bertz CT molecular complexity index is 467. The van der Waals surface area contributed by atoms with Crippen molar-refractivity contribution in [1.82, 2.24) is 9.97 Å². The lowest BCUT2D eigenvalue weighted by Crippen LogP contribution is -2.22. The van der Waals surface area contributed by atoms with Crippen LogP contribution in [-0.2, 0) is 9.53 Å². The summed E-state index contributed by atoms with van der Waals surface area (Å²) in [6, 6.07) is 1.76. The van der Waals surface area contributed by atoms with Crippen molar-refractivity contribution in [2.75, 3.05) is 5.73 Å². The lowest BCUT2D eigenvalue weighted by atomic mass is 10.1. The molecule has 3 N–H and O–H groups in total. The molecule has 0 aromatic carbocycles. The highest BCUT2D eigenvalue weighted by atomic mass is 16.6. The molecule has 0 aliphatic rings. The standard InChI is InChI=1S/C10H12N4O3/c1-5(15)9(17-6(2)16)8-4-13-10(12)7(3-11)14-8/h4-5,9,15H,1-2H3,(H2,12,13)/t5-,9+/m1/s1. The van der Waals surface area contributed by atoms with Gasteiger partial charge in [-0.3, -0.25) is 4.79 Å². The number of carbonyl (C=O) groups excluding carboxylic acids is 1. The Morgan fingerprint density at radius 1 is 1.71 bits per heavy atom. The Kier molecular flexibility index (Phi) is 3.96. The number of ether oxygens (including phenoxy) is 1. The molecule has 1 aromatic rings. The monoisotopic (exact) mass is 236 g/mol. The summed E-state index contributed by atoms with van der Waals surface area (Å²) in [4.78, 5) is 18.5. The predicted molar refractivity (Wildman–Crippen MR) is 57.3 cm³/mol. The number of hydrogen-bond donors (Lipinski definition) is 2. The molecule has 0 saturated heterocycles. The highest BCUT2D eigenvalue weighted by Gasteiger charge is 2.23. The van der Waals surface area contributed by atoms with Crippen molar-refractivity contribution in [3.05, 3.63) is 17.6 Å². The number of aliphatic hydroxyl groups is 1. The van der Waals surface area contributed by atoms with E-state index in [-0.39, 0.29) is 17.2 Å². The molecule has 0 spiro atoms. The fourth-order valence-corrected chi connectivity index (χ4v) is 1.22. The van der Waals surface area contributed by atoms with E-state index < -0.39 is 18.2 Å². The van der Waals surface area contributed by atoms with E-state index in [0.29, 0.717) is 0 Å². The molecular weight excluding hydrogens is 224 g/mol. The van der Waals surface area contributed by atoms with Crippen LogP contribution in [0, 0.1) is 11.3 Å². The van der Waals surface area contributed by atoms with Crippen molar-refractivity contribution in [3.8, 4) is 6.07 Å². The summed E-state index contributed by atoms with van der Waals surface area (Å²) in [5, 5.41) is 18.2. The number of nitrogen functional groups attached to an aromatic ring is 1. The van der Waals surface area contributed by atoms with Crippen molar-refractivity contribution in [2.24, 2.45) is 0 Å². The molecule has 0 aliphatic heterocycles. The highest BCUT2D eigenvalue weighted by Crippen LogP contribution is 2.20. The summed E-state index contributed by atoms with van der Waals surface area (Å²) < 4.78 is 4.90. The molecular formula is C10H12N4O3. The molecule has 0 fully saturated rings. The highest BCUT2D eigenvalue weighted by molar-refractivity contribution is 5.66. The minimum Gasteiger partial charge on any atom is -0.453 e. The Hall–Kier alpha value is -2.20. The predicted octanol–water partition coefficient (Wildman–Crippen LogP) is -0.0845. The van der Waals surface area contributed by atoms with E-state index in [0.717, 1.165) is 0 Å². The number of esters is 1. The molecule has 7 heteroatoms. The minimum atomic E-state index is -0.969. The third-order valence-electron chi connectivity index (χ3n) is 1.95. The number of nitriles is 1. The van der Waals surface area contributed by atoms with Crippen LogP contribution in [0.1, 0.15) is 31.3 Å². The average molecular weight is 236 g/mol. The van der Waals surface area contributed by atoms with Crippen LogP contribution in [0.4, 0.5) is 5.82 Å². The molecule has 90 valence electrons. The first-order chi connectivity index (χ1) is 7.95. The Labute approximate surface area is 97.9 Å². The van der Waals surface area contributed by atoms with Gasteiger partial charge in [-0.25, -0.2) is 9.97 Å². The molecule has 0 aliphatic carbocycles. The minimum absolute atomic E-state index is 0.0107. The molecule has 0 bridgehead atoms. The first-order valence-electron chi connectivity index (χ1n) is 4.83. The van der Waals surface area contributed by atoms with Crippen LogP contribution < -0.4 is 5.73 Å². The SMILES string of the molecule is CC(=O)O[C@H](c1cnc(N)c(C#N)n1)[C@@H](C)O. The first kappa shape index (κ1) is 12.9. The van der Waals surface area contributed by atoms with E-state index in [1.54, 1.807) is 6.07 Å². The summed E-state index contributed by atoms with van der Waals surface area (Å²) >= 11 is 0. The smallest absolute Gasteiger partial charge is 0.303 e. The molecule has 0 radical (unpaired) electrons. The normalized spacial score (nSPS) is 13.5. The van der Waals surface area contributed by atoms with Gasteiger partial charge in [0, 0.05) is 6.92 Å². The van der Waals surface area contributed by atoms with Gasteiger partial charge in [-0.2, -0.15) is 5.26 Å². The van der Waals surface area contributed by atoms with Crippen LogP contribution >= 0.6 is 0 Å². The van der Waals surface area contributed by atoms with Crippen LogP contribution in [0.2, 0.25) is 0 Å². The first-order valence-corrected chi connectivity index (χ1v) is 4.83. The zero-order valence-corrected chi connectivity index (χ0v) is 9.41. The van der Waals surface area contributed by atoms with Gasteiger partial charge in [-0.05, 0) is 6.92 Å². The quantitative estimate of drug-likeness (QED) is 0.703. The fourth-order valence-electron chi connectivity index (χ4n) is 1.22. The largest absolute Gasteiger partial charge is 0.453 e. The molecule has 1 rings (SSSR count). The van der Waals surface area contributed by atoms with E-state index in [2.05, 4.69) is 9.97 Å². The second-order valence-electron chi connectivity index (χ2n) is 3.41. The van der Waals surface area contributed by atoms with Gasteiger partial charge in [0.15, 0.2) is 17.6 Å². The van der Waals surface area contributed by atoms with Gasteiger partial charge in [0.05, 0.1) is 12.3 Å². The zero-order valence-electron chi connectivity index (χ0n) is 9.41. The van der Waals surface area contributed by atoms with Crippen molar-refractivity contribution in [1.29, 1.82) is 5.26 Å². The molecule has 1 heterocycles. The van der Waals surface area contributed by atoms with Crippen molar-refractivity contribution < 1.29 is 14.6 Å². The average Bonchev–Trinajstić information content (AvgIpc) is 2.26. The Morgan fingerprint density at radius 2 is 2.35 bits per heavy atom. The Morgan fingerprint density at radius 3 is 2.82 bits per heavy atom. The van der Waals surface area contributed by atoms with Gasteiger partial charge >= 0.3 is 5.97 Å². The summed E-state index contributed by atoms with van der Waals surface area (Å²) in [6.45, 7) is 2.66. The van der Waals surface area contributed by atoms with Gasteiger partial charge in [0.1, 0.15) is 11.8 Å². The van der Waals surface area contributed by atoms with E-state index >= 15 is 0 Å². The number of anilines is 1. The third kappa shape index (κ3) is 3.12. The maximum absolute atomic E-state index is 10.9. The van der Waals surface area contributed by atoms with Crippen LogP contribution in [-0.4, -0.2) is 27.1 Å². The van der Waals surface area contributed by atoms with E-state index in [1.165, 1.54) is 20.0 Å². The number of aliphatic hydroxyl groups excluding tert-OH is 1. The van der Waals surface area contributed by atoms with Crippen LogP contribution in [0.5, 0.6) is 0 Å². The summed E-state index contributed by atoms with van der Waals surface area (Å²) in [5.74, 6) is -0.573. The Balaban J connectivity index is 3.11. The van der Waals surface area contributed by atoms with Gasteiger partial charge in [0.25, 0.3) is 0 Å². The van der Waals surface area contributed by atoms with Crippen LogP contribution in [0.15, 0.2) is 6.20 Å². The lowest BCUT2D eigenvalue weighted by Gasteiger charge is -2.18.